The van der Waals surface area contributed by atoms with Gasteiger partial charge in [0.2, 0.25) is 5.88 Å². The fourth-order valence-electron chi connectivity index (χ4n) is 4.34. The van der Waals surface area contributed by atoms with Gasteiger partial charge >= 0.3 is 6.03 Å². The third kappa shape index (κ3) is 3.16. The van der Waals surface area contributed by atoms with Crippen LogP contribution in [0.1, 0.15) is 42.0 Å². The van der Waals surface area contributed by atoms with Gasteiger partial charge in [-0.05, 0) is 50.8 Å². The van der Waals surface area contributed by atoms with Gasteiger partial charge in [0.15, 0.2) is 0 Å². The first-order valence-corrected chi connectivity index (χ1v) is 9.80. The van der Waals surface area contributed by atoms with Crippen LogP contribution in [0.2, 0.25) is 5.02 Å². The van der Waals surface area contributed by atoms with E-state index < -0.39 is 11.9 Å². The van der Waals surface area contributed by atoms with Gasteiger partial charge in [0.05, 0.1) is 16.8 Å². The second-order valence-electron chi connectivity index (χ2n) is 7.93. The van der Waals surface area contributed by atoms with Gasteiger partial charge in [-0.25, -0.2) is 9.18 Å². The van der Waals surface area contributed by atoms with Crippen molar-refractivity contribution >= 4 is 23.5 Å². The predicted octanol–water partition coefficient (Wildman–Crippen LogP) is 4.25. The van der Waals surface area contributed by atoms with Crippen molar-refractivity contribution in [2.45, 2.75) is 45.1 Å². The first kappa shape index (κ1) is 19.2. The van der Waals surface area contributed by atoms with Gasteiger partial charge in [0.25, 0.3) is 0 Å². The van der Waals surface area contributed by atoms with Gasteiger partial charge in [-0.15, -0.1) is 0 Å². The van der Waals surface area contributed by atoms with Gasteiger partial charge in [-0.1, -0.05) is 22.8 Å². The zero-order valence-electron chi connectivity index (χ0n) is 15.8. The molecular formula is C20H23ClFN3O3. The molecule has 2 aromatic rings. The normalized spacial score (nSPS) is 23.5. The zero-order chi connectivity index (χ0) is 20.1. The number of aliphatic hydroxyl groups excluding tert-OH is 1. The summed E-state index contributed by atoms with van der Waals surface area (Å²) in [5, 5.41) is 17.5. The lowest BCUT2D eigenvalue weighted by Gasteiger charge is -2.56. The highest BCUT2D eigenvalue weighted by molar-refractivity contribution is 6.30. The first-order valence-electron chi connectivity index (χ1n) is 9.42. The highest BCUT2D eigenvalue weighted by atomic mass is 35.5. The lowest BCUT2D eigenvalue weighted by Crippen LogP contribution is -2.57. The van der Waals surface area contributed by atoms with Crippen molar-refractivity contribution in [1.82, 2.24) is 10.1 Å². The number of nitrogens with zero attached hydrogens (tertiary/aromatic N) is 2. The SMILES string of the molecule is Cc1noc(NC(=O)N2CCC3(CC2)CC(c2ccc(F)c(Cl)c2)C3O)c1C. The highest BCUT2D eigenvalue weighted by Crippen LogP contribution is 2.57. The molecule has 2 aliphatic rings. The Morgan fingerprint density at radius 1 is 1.39 bits per heavy atom. The fraction of sp³-hybridized carbons (Fsp3) is 0.500. The van der Waals surface area contributed by atoms with Crippen LogP contribution < -0.4 is 5.32 Å². The minimum atomic E-state index is -0.515. The average molecular weight is 408 g/mol. The number of anilines is 1. The number of aliphatic hydroxyl groups is 1. The molecule has 2 fully saturated rings. The molecule has 2 amide bonds. The summed E-state index contributed by atoms with van der Waals surface area (Å²) in [7, 11) is 0. The Kier molecular flexibility index (Phi) is 4.83. The summed E-state index contributed by atoms with van der Waals surface area (Å²) >= 11 is 5.88. The second kappa shape index (κ2) is 7.04. The van der Waals surface area contributed by atoms with E-state index in [0.29, 0.717) is 19.0 Å². The maximum absolute atomic E-state index is 13.4. The molecule has 28 heavy (non-hydrogen) atoms. The molecule has 4 rings (SSSR count). The molecule has 1 spiro atoms. The molecule has 1 saturated heterocycles. The van der Waals surface area contributed by atoms with E-state index in [1.54, 1.807) is 17.0 Å². The number of likely N-dealkylation sites (tertiary alicyclic amines) is 1. The predicted molar refractivity (Wildman–Crippen MR) is 103 cm³/mol. The number of benzene rings is 1. The van der Waals surface area contributed by atoms with Crippen LogP contribution in [0.5, 0.6) is 0 Å². The van der Waals surface area contributed by atoms with Crippen LogP contribution in [0.3, 0.4) is 0 Å². The van der Waals surface area contributed by atoms with Crippen molar-refractivity contribution in [3.63, 3.8) is 0 Å². The number of halogens is 2. The maximum atomic E-state index is 13.4. The van der Waals surface area contributed by atoms with E-state index in [2.05, 4.69) is 10.5 Å². The summed E-state index contributed by atoms with van der Waals surface area (Å²) in [6.07, 6.45) is 1.74. The third-order valence-electron chi connectivity index (χ3n) is 6.43. The summed E-state index contributed by atoms with van der Waals surface area (Å²) < 4.78 is 18.5. The van der Waals surface area contributed by atoms with Gasteiger partial charge in [0.1, 0.15) is 5.82 Å². The number of aryl methyl sites for hydroxylation is 1. The Hall–Kier alpha value is -2.12. The van der Waals surface area contributed by atoms with E-state index in [9.17, 15) is 14.3 Å². The smallest absolute Gasteiger partial charge is 0.324 e. The Balaban J connectivity index is 1.36. The number of piperidine rings is 1. The second-order valence-corrected chi connectivity index (χ2v) is 8.34. The van der Waals surface area contributed by atoms with E-state index in [1.165, 1.54) is 6.07 Å². The molecule has 8 heteroatoms. The minimum absolute atomic E-state index is 0.0432. The first-order chi connectivity index (χ1) is 13.3. The number of hydrogen-bond acceptors (Lipinski definition) is 4. The summed E-state index contributed by atoms with van der Waals surface area (Å²) in [4.78, 5) is 14.2. The zero-order valence-corrected chi connectivity index (χ0v) is 16.6. The number of rotatable bonds is 2. The summed E-state index contributed by atoms with van der Waals surface area (Å²) in [5.41, 5.74) is 2.23. The van der Waals surface area contributed by atoms with Crippen LogP contribution in [0.15, 0.2) is 22.7 Å². The molecule has 1 aliphatic carbocycles. The minimum Gasteiger partial charge on any atom is -0.392 e. The number of carbonyl (C=O) groups excluding carboxylic acids is 1. The van der Waals surface area contributed by atoms with E-state index in [-0.39, 0.29) is 22.4 Å². The van der Waals surface area contributed by atoms with Crippen LogP contribution in [0.4, 0.5) is 15.1 Å². The number of amides is 2. The van der Waals surface area contributed by atoms with Crippen molar-refractivity contribution in [2.75, 3.05) is 18.4 Å². The van der Waals surface area contributed by atoms with Crippen LogP contribution in [-0.2, 0) is 0 Å². The number of urea groups is 1. The molecule has 150 valence electrons. The summed E-state index contributed by atoms with van der Waals surface area (Å²) in [6.45, 7) is 4.79. The number of aromatic nitrogens is 1. The van der Waals surface area contributed by atoms with Gasteiger partial charge < -0.3 is 14.5 Å². The quantitative estimate of drug-likeness (QED) is 0.780. The topological polar surface area (TPSA) is 78.6 Å². The molecule has 1 aromatic heterocycles. The molecule has 0 bridgehead atoms. The average Bonchev–Trinajstić information content (AvgIpc) is 3.00. The van der Waals surface area contributed by atoms with Gasteiger partial charge in [0, 0.05) is 30.0 Å². The van der Waals surface area contributed by atoms with Gasteiger partial charge in [-0.3, -0.25) is 5.32 Å². The molecule has 2 heterocycles. The molecule has 2 N–H and O–H groups in total. The van der Waals surface area contributed by atoms with Crippen molar-refractivity contribution in [1.29, 1.82) is 0 Å². The molecular weight excluding hydrogens is 385 g/mol. The van der Waals surface area contributed by atoms with Crippen molar-refractivity contribution in [2.24, 2.45) is 5.41 Å². The van der Waals surface area contributed by atoms with E-state index in [0.717, 1.165) is 36.1 Å². The molecule has 2 unspecified atom stereocenters. The molecule has 1 aromatic carbocycles. The third-order valence-corrected chi connectivity index (χ3v) is 6.72. The molecule has 1 aliphatic heterocycles. The van der Waals surface area contributed by atoms with E-state index >= 15 is 0 Å². The summed E-state index contributed by atoms with van der Waals surface area (Å²) in [5.74, 6) is -0.122. The van der Waals surface area contributed by atoms with Crippen molar-refractivity contribution < 1.29 is 18.8 Å². The standard InChI is InChI=1S/C20H23ClFN3O3/c1-11-12(2)24-28-18(11)23-19(27)25-7-5-20(6-8-25)10-14(17(20)26)13-3-4-16(22)15(21)9-13/h3-4,9,14,17,26H,5-8,10H2,1-2H3,(H,23,27). The summed E-state index contributed by atoms with van der Waals surface area (Å²) in [6, 6.07) is 4.41. The van der Waals surface area contributed by atoms with Crippen LogP contribution >= 0.6 is 11.6 Å². The largest absolute Gasteiger partial charge is 0.392 e. The van der Waals surface area contributed by atoms with Crippen LogP contribution in [0.25, 0.3) is 0 Å². The van der Waals surface area contributed by atoms with E-state index in [4.69, 9.17) is 16.1 Å². The molecule has 0 radical (unpaired) electrons. The number of hydrogen-bond donors (Lipinski definition) is 2. The van der Waals surface area contributed by atoms with E-state index in [1.807, 2.05) is 13.8 Å². The Morgan fingerprint density at radius 2 is 2.11 bits per heavy atom. The lowest BCUT2D eigenvalue weighted by atomic mass is 9.53. The number of carbonyl (C=O) groups is 1. The maximum Gasteiger partial charge on any atom is 0.324 e. The Labute approximate surface area is 167 Å². The number of nitrogens with one attached hydrogen (secondary N) is 1. The van der Waals surface area contributed by atoms with Crippen molar-refractivity contribution in [3.05, 3.63) is 45.9 Å². The fourth-order valence-corrected chi connectivity index (χ4v) is 4.53. The Bertz CT molecular complexity index is 908. The van der Waals surface area contributed by atoms with Crippen LogP contribution in [-0.4, -0.2) is 40.4 Å². The monoisotopic (exact) mass is 407 g/mol. The van der Waals surface area contributed by atoms with Crippen molar-refractivity contribution in [3.8, 4) is 0 Å². The van der Waals surface area contributed by atoms with Gasteiger partial charge in [-0.2, -0.15) is 0 Å². The molecule has 6 nitrogen and oxygen atoms in total. The van der Waals surface area contributed by atoms with Crippen LogP contribution in [0, 0.1) is 25.1 Å². The molecule has 2 atom stereocenters. The lowest BCUT2D eigenvalue weighted by molar-refractivity contribution is -0.114. The molecule has 1 saturated carbocycles. The Morgan fingerprint density at radius 3 is 2.68 bits per heavy atom. The highest BCUT2D eigenvalue weighted by Gasteiger charge is 2.54.